The predicted molar refractivity (Wildman–Crippen MR) is 80.7 cm³/mol. The smallest absolute Gasteiger partial charge is 0.212 e. The van der Waals surface area contributed by atoms with Gasteiger partial charge in [0.15, 0.2) is 0 Å². The number of aliphatic hydroxyl groups is 1. The van der Waals surface area contributed by atoms with Crippen molar-refractivity contribution >= 4 is 19.9 Å². The number of hydrogen-bond donors (Lipinski definition) is 2. The van der Waals surface area contributed by atoms with E-state index >= 15 is 0 Å². The number of nitrogens with one attached hydrogen (secondary N) is 1. The fourth-order valence-corrected chi connectivity index (χ4v) is 4.06. The third-order valence-corrected chi connectivity index (χ3v) is 5.05. The Kier molecular flexibility index (Phi) is 6.36. The molecule has 21 heavy (non-hydrogen) atoms. The lowest BCUT2D eigenvalue weighted by molar-refractivity contribution is 0.350. The molecule has 0 atom stereocenters. The normalized spacial score (nSPS) is 11.7. The number of sulfonamides is 1. The summed E-state index contributed by atoms with van der Waals surface area (Å²) in [6, 6.07) is 6.91. The van der Waals surface area contributed by atoms with Crippen LogP contribution in [0.15, 0.2) is 24.3 Å². The molecule has 0 bridgehead atoms. The van der Waals surface area contributed by atoms with Gasteiger partial charge in [0.25, 0.3) is 0 Å². The summed E-state index contributed by atoms with van der Waals surface area (Å²) in [6.45, 7) is -0.267. The molecule has 1 aromatic rings. The molecule has 116 valence electrons. The van der Waals surface area contributed by atoms with Crippen LogP contribution < -0.4 is 4.72 Å². The number of aliphatic hydroxyl groups excluding tert-OH is 1. The van der Waals surface area contributed by atoms with E-state index in [1.54, 1.807) is 24.3 Å². The van der Waals surface area contributed by atoms with Crippen LogP contribution in [-0.4, -0.2) is 46.3 Å². The van der Waals surface area contributed by atoms with Crippen LogP contribution >= 0.6 is 0 Å². The van der Waals surface area contributed by atoms with Gasteiger partial charge in [0, 0.05) is 18.4 Å². The van der Waals surface area contributed by atoms with Crippen molar-refractivity contribution in [1.82, 2.24) is 4.72 Å². The largest absolute Gasteiger partial charge is 0.384 e. The minimum atomic E-state index is -3.68. The van der Waals surface area contributed by atoms with Crippen molar-refractivity contribution in [2.75, 3.05) is 24.4 Å². The average molecular weight is 331 g/mol. The lowest BCUT2D eigenvalue weighted by atomic mass is 10.1. The van der Waals surface area contributed by atoms with Crippen LogP contribution in [-0.2, 0) is 26.4 Å². The Morgan fingerprint density at radius 1 is 1.14 bits per heavy atom. The van der Waals surface area contributed by atoms with E-state index < -0.39 is 31.4 Å². The quantitative estimate of drug-likeness (QED) is 0.684. The Morgan fingerprint density at radius 3 is 2.43 bits per heavy atom. The molecule has 6 nitrogen and oxygen atoms in total. The van der Waals surface area contributed by atoms with Gasteiger partial charge in [-0.3, -0.25) is 0 Å². The van der Waals surface area contributed by atoms with E-state index in [1.165, 1.54) is 0 Å². The number of benzene rings is 1. The standard InChI is InChI=1S/C13H17NO5S2/c1-20(16,17)9-10-21(18,19)14-11-13-6-3-2-5-12(13)7-4-8-15/h2-3,5-6,14-15H,8-11H2,1H3. The second-order valence-corrected chi connectivity index (χ2v) is 8.57. The van der Waals surface area contributed by atoms with Gasteiger partial charge in [-0.25, -0.2) is 21.6 Å². The molecular formula is C13H17NO5S2. The van der Waals surface area contributed by atoms with Crippen LogP contribution in [0, 0.1) is 11.8 Å². The van der Waals surface area contributed by atoms with Gasteiger partial charge in [-0.15, -0.1) is 0 Å². The van der Waals surface area contributed by atoms with E-state index in [9.17, 15) is 16.8 Å². The first kappa shape index (κ1) is 17.7. The van der Waals surface area contributed by atoms with E-state index in [2.05, 4.69) is 16.6 Å². The zero-order chi connectivity index (χ0) is 15.9. The molecule has 0 heterocycles. The highest BCUT2D eigenvalue weighted by Gasteiger charge is 2.14. The van der Waals surface area contributed by atoms with Gasteiger partial charge < -0.3 is 5.11 Å². The fraction of sp³-hybridized carbons (Fsp3) is 0.385. The van der Waals surface area contributed by atoms with Crippen LogP contribution in [0.4, 0.5) is 0 Å². The van der Waals surface area contributed by atoms with Crippen LogP contribution in [0.2, 0.25) is 0 Å². The fourth-order valence-electron chi connectivity index (χ4n) is 1.45. The molecule has 0 fully saturated rings. The van der Waals surface area contributed by atoms with Gasteiger partial charge in [-0.05, 0) is 11.6 Å². The third kappa shape index (κ3) is 7.24. The van der Waals surface area contributed by atoms with Gasteiger partial charge in [-0.1, -0.05) is 30.0 Å². The number of hydrogen-bond acceptors (Lipinski definition) is 5. The maximum atomic E-state index is 11.7. The van der Waals surface area contributed by atoms with E-state index in [4.69, 9.17) is 5.11 Å². The van der Waals surface area contributed by atoms with Crippen molar-refractivity contribution in [2.24, 2.45) is 0 Å². The van der Waals surface area contributed by atoms with Crippen molar-refractivity contribution in [1.29, 1.82) is 0 Å². The summed E-state index contributed by atoms with van der Waals surface area (Å²) in [5, 5.41) is 8.68. The lowest BCUT2D eigenvalue weighted by Crippen LogP contribution is -2.29. The molecule has 0 saturated carbocycles. The summed E-state index contributed by atoms with van der Waals surface area (Å²) < 4.78 is 47.8. The van der Waals surface area contributed by atoms with E-state index in [-0.39, 0.29) is 13.2 Å². The van der Waals surface area contributed by atoms with E-state index in [0.717, 1.165) is 6.26 Å². The van der Waals surface area contributed by atoms with Gasteiger partial charge in [0.2, 0.25) is 10.0 Å². The molecule has 2 N–H and O–H groups in total. The zero-order valence-electron chi connectivity index (χ0n) is 11.5. The van der Waals surface area contributed by atoms with E-state index in [0.29, 0.717) is 11.1 Å². The topological polar surface area (TPSA) is 101 Å². The number of sulfone groups is 1. The Balaban J connectivity index is 2.75. The minimum absolute atomic E-state index is 0.0162. The molecule has 0 unspecified atom stereocenters. The average Bonchev–Trinajstić information content (AvgIpc) is 2.41. The zero-order valence-corrected chi connectivity index (χ0v) is 13.2. The van der Waals surface area contributed by atoms with Crippen molar-refractivity contribution in [3.8, 4) is 11.8 Å². The summed E-state index contributed by atoms with van der Waals surface area (Å²) in [6.07, 6.45) is 0.988. The van der Waals surface area contributed by atoms with Crippen LogP contribution in [0.25, 0.3) is 0 Å². The summed E-state index contributed by atoms with van der Waals surface area (Å²) in [7, 11) is -7.01. The third-order valence-electron chi connectivity index (χ3n) is 2.52. The summed E-state index contributed by atoms with van der Waals surface area (Å²) in [5.74, 6) is 4.32. The second kappa shape index (κ2) is 7.56. The SMILES string of the molecule is CS(=O)(=O)CCS(=O)(=O)NCc1ccccc1C#CCO. The maximum absolute atomic E-state index is 11.7. The molecule has 0 aliphatic carbocycles. The maximum Gasteiger partial charge on any atom is 0.212 e. The minimum Gasteiger partial charge on any atom is -0.384 e. The van der Waals surface area contributed by atoms with Crippen LogP contribution in [0.3, 0.4) is 0 Å². The van der Waals surface area contributed by atoms with Crippen LogP contribution in [0.1, 0.15) is 11.1 Å². The van der Waals surface area contributed by atoms with Crippen molar-refractivity contribution < 1.29 is 21.9 Å². The summed E-state index contributed by atoms with van der Waals surface area (Å²) in [5.41, 5.74) is 1.26. The molecule has 0 aliphatic heterocycles. The molecule has 0 spiro atoms. The predicted octanol–water partition coefficient (Wildman–Crippen LogP) is -0.506. The summed E-state index contributed by atoms with van der Waals surface area (Å²) >= 11 is 0. The molecular weight excluding hydrogens is 314 g/mol. The monoisotopic (exact) mass is 331 g/mol. The highest BCUT2D eigenvalue weighted by molar-refractivity contribution is 7.93. The first-order valence-corrected chi connectivity index (χ1v) is 9.77. The molecule has 8 heteroatoms. The molecule has 0 radical (unpaired) electrons. The Bertz CT molecular complexity index is 742. The van der Waals surface area contributed by atoms with Gasteiger partial charge in [-0.2, -0.15) is 0 Å². The van der Waals surface area contributed by atoms with Gasteiger partial charge >= 0.3 is 0 Å². The first-order chi connectivity index (χ1) is 9.73. The van der Waals surface area contributed by atoms with Gasteiger partial charge in [0.1, 0.15) is 16.4 Å². The number of rotatable bonds is 6. The molecule has 0 amide bonds. The molecule has 0 aliphatic rings. The Hall–Kier alpha value is -1.40. The van der Waals surface area contributed by atoms with Crippen molar-refractivity contribution in [2.45, 2.75) is 6.54 Å². The first-order valence-electron chi connectivity index (χ1n) is 6.06. The highest BCUT2D eigenvalue weighted by Crippen LogP contribution is 2.07. The van der Waals surface area contributed by atoms with E-state index in [1.807, 2.05) is 0 Å². The molecule has 0 saturated heterocycles. The van der Waals surface area contributed by atoms with Crippen molar-refractivity contribution in [3.05, 3.63) is 35.4 Å². The Labute approximate surface area is 125 Å². The highest BCUT2D eigenvalue weighted by atomic mass is 32.2. The lowest BCUT2D eigenvalue weighted by Gasteiger charge is -2.08. The van der Waals surface area contributed by atoms with Crippen LogP contribution in [0.5, 0.6) is 0 Å². The van der Waals surface area contributed by atoms with Gasteiger partial charge in [0.05, 0.1) is 11.5 Å². The Morgan fingerprint density at radius 2 is 1.81 bits per heavy atom. The summed E-state index contributed by atoms with van der Waals surface area (Å²) in [4.78, 5) is 0. The molecule has 1 aromatic carbocycles. The van der Waals surface area contributed by atoms with Crippen molar-refractivity contribution in [3.63, 3.8) is 0 Å². The molecule has 1 rings (SSSR count). The second-order valence-electron chi connectivity index (χ2n) is 4.39. The molecule has 0 aromatic heterocycles.